The molecule has 0 aromatic heterocycles. The van der Waals surface area contributed by atoms with E-state index in [-0.39, 0.29) is 28.5 Å². The van der Waals surface area contributed by atoms with E-state index in [2.05, 4.69) is 28.9 Å². The van der Waals surface area contributed by atoms with E-state index in [1.54, 1.807) is 23.9 Å². The van der Waals surface area contributed by atoms with Crippen LogP contribution in [0.15, 0.2) is 107 Å². The summed E-state index contributed by atoms with van der Waals surface area (Å²) in [5.74, 6) is -0.111. The van der Waals surface area contributed by atoms with E-state index in [9.17, 15) is 9.59 Å². The smallest absolute Gasteiger partial charge is 0.324 e. The second kappa shape index (κ2) is 11.5. The number of nitrogens with one attached hydrogen (secondary N) is 2. The van der Waals surface area contributed by atoms with Gasteiger partial charge in [0.25, 0.3) is 0 Å². The van der Waals surface area contributed by atoms with E-state index in [1.807, 2.05) is 78.6 Å². The van der Waals surface area contributed by atoms with E-state index in [0.29, 0.717) is 22.8 Å². The lowest BCUT2D eigenvalue weighted by atomic mass is 10.1. The standard InChI is InChI=1S/C29H26ClN3O2S2/c1-2-25(28(34)32-22-13-4-3-12-21(22)30)36-20-11-9-10-19(18-20)31-29(35)33-23-14-5-7-16-26(23)37-27-17-8-6-15-24(27)33/h3-18,23,25-26H,2H2,1H3,(H,31,35)(H,32,34). The minimum absolute atomic E-state index is 0.0690. The van der Waals surface area contributed by atoms with Crippen LogP contribution >= 0.6 is 35.1 Å². The summed E-state index contributed by atoms with van der Waals surface area (Å²) in [6, 6.07) is 22.5. The van der Waals surface area contributed by atoms with Gasteiger partial charge in [-0.3, -0.25) is 9.69 Å². The zero-order chi connectivity index (χ0) is 25.8. The van der Waals surface area contributed by atoms with Gasteiger partial charge in [-0.25, -0.2) is 4.79 Å². The molecule has 2 aliphatic rings. The average molecular weight is 548 g/mol. The van der Waals surface area contributed by atoms with E-state index in [0.717, 1.165) is 15.5 Å². The first-order valence-corrected chi connectivity index (χ1v) is 14.2. The first-order valence-electron chi connectivity index (χ1n) is 12.1. The lowest BCUT2D eigenvalue weighted by Crippen LogP contribution is -2.49. The number of hydrogen-bond donors (Lipinski definition) is 2. The highest BCUT2D eigenvalue weighted by atomic mass is 35.5. The Morgan fingerprint density at radius 3 is 2.62 bits per heavy atom. The topological polar surface area (TPSA) is 61.4 Å². The number of benzene rings is 3. The fourth-order valence-corrected chi connectivity index (χ4v) is 6.77. The molecule has 3 amide bonds. The SMILES string of the molecule is CCC(Sc1cccc(NC(=O)N2c3ccccc3SC3C=CC=CC32)c1)C(=O)Nc1ccccc1Cl. The van der Waals surface area contributed by atoms with Crippen LogP contribution in [0, 0.1) is 0 Å². The van der Waals surface area contributed by atoms with Crippen LogP contribution in [-0.2, 0) is 4.79 Å². The molecule has 188 valence electrons. The Balaban J connectivity index is 1.31. The predicted octanol–water partition coefficient (Wildman–Crippen LogP) is 7.86. The Kier molecular flexibility index (Phi) is 7.93. The Labute approximate surface area is 230 Å². The van der Waals surface area contributed by atoms with E-state index in [4.69, 9.17) is 11.6 Å². The molecule has 0 saturated carbocycles. The van der Waals surface area contributed by atoms with E-state index < -0.39 is 0 Å². The molecule has 5 rings (SSSR count). The summed E-state index contributed by atoms with van der Waals surface area (Å²) in [5.41, 5.74) is 2.18. The second-order valence-corrected chi connectivity index (χ2v) is 11.5. The zero-order valence-corrected chi connectivity index (χ0v) is 22.5. The number of nitrogens with zero attached hydrogens (tertiary/aromatic N) is 1. The monoisotopic (exact) mass is 547 g/mol. The highest BCUT2D eigenvalue weighted by Gasteiger charge is 2.36. The molecule has 3 unspecified atom stereocenters. The van der Waals surface area contributed by atoms with Crippen molar-refractivity contribution in [2.45, 2.75) is 39.7 Å². The predicted molar refractivity (Wildman–Crippen MR) is 156 cm³/mol. The fourth-order valence-electron chi connectivity index (χ4n) is 4.32. The van der Waals surface area contributed by atoms with Gasteiger partial charge >= 0.3 is 6.03 Å². The summed E-state index contributed by atoms with van der Waals surface area (Å²) in [4.78, 5) is 30.3. The third-order valence-corrected chi connectivity index (χ3v) is 9.12. The number of fused-ring (bicyclic) bond motifs is 2. The molecule has 0 fully saturated rings. The number of rotatable bonds is 6. The van der Waals surface area contributed by atoms with Crippen molar-refractivity contribution in [3.8, 4) is 0 Å². The molecule has 0 spiro atoms. The summed E-state index contributed by atoms with van der Waals surface area (Å²) in [6.45, 7) is 1.98. The van der Waals surface area contributed by atoms with Crippen molar-refractivity contribution in [1.29, 1.82) is 0 Å². The molecule has 8 heteroatoms. The average Bonchev–Trinajstić information content (AvgIpc) is 2.91. The molecule has 3 aromatic carbocycles. The Morgan fingerprint density at radius 2 is 1.78 bits per heavy atom. The molecular weight excluding hydrogens is 522 g/mol. The number of carbonyl (C=O) groups is 2. The molecule has 37 heavy (non-hydrogen) atoms. The van der Waals surface area contributed by atoms with Crippen LogP contribution in [0.5, 0.6) is 0 Å². The van der Waals surface area contributed by atoms with Crippen molar-refractivity contribution in [2.75, 3.05) is 15.5 Å². The van der Waals surface area contributed by atoms with Crippen molar-refractivity contribution in [2.24, 2.45) is 0 Å². The van der Waals surface area contributed by atoms with Crippen LogP contribution in [-0.4, -0.2) is 28.5 Å². The molecule has 0 radical (unpaired) electrons. The maximum absolute atomic E-state index is 13.6. The maximum atomic E-state index is 13.6. The van der Waals surface area contributed by atoms with Gasteiger partial charge in [0.15, 0.2) is 0 Å². The van der Waals surface area contributed by atoms with Gasteiger partial charge in [0, 0.05) is 15.5 Å². The lowest BCUT2D eigenvalue weighted by Gasteiger charge is -2.40. The van der Waals surface area contributed by atoms with Crippen molar-refractivity contribution in [3.05, 3.63) is 102 Å². The van der Waals surface area contributed by atoms with Gasteiger partial charge in [-0.15, -0.1) is 23.5 Å². The third kappa shape index (κ3) is 5.74. The highest BCUT2D eigenvalue weighted by molar-refractivity contribution is 8.00. The largest absolute Gasteiger partial charge is 0.326 e. The van der Waals surface area contributed by atoms with Crippen molar-refractivity contribution < 1.29 is 9.59 Å². The quantitative estimate of drug-likeness (QED) is 0.308. The molecule has 0 bridgehead atoms. The van der Waals surface area contributed by atoms with Crippen LogP contribution in [0.2, 0.25) is 5.02 Å². The third-order valence-electron chi connectivity index (χ3n) is 6.12. The van der Waals surface area contributed by atoms with Crippen LogP contribution in [0.1, 0.15) is 13.3 Å². The normalized spacial score (nSPS) is 18.5. The Bertz CT molecular complexity index is 1380. The number of hydrogen-bond acceptors (Lipinski definition) is 4. The summed E-state index contributed by atoms with van der Waals surface area (Å²) >= 11 is 9.45. The number of thioether (sulfide) groups is 2. The van der Waals surface area contributed by atoms with Gasteiger partial charge in [-0.1, -0.05) is 73.2 Å². The van der Waals surface area contributed by atoms with Gasteiger partial charge in [-0.05, 0) is 48.9 Å². The summed E-state index contributed by atoms with van der Waals surface area (Å²) in [7, 11) is 0. The number of halogens is 1. The number of urea groups is 1. The van der Waals surface area contributed by atoms with Gasteiger partial charge in [0.1, 0.15) is 0 Å². The number of para-hydroxylation sites is 2. The first kappa shape index (κ1) is 25.5. The second-order valence-electron chi connectivity index (χ2n) is 8.62. The minimum Gasteiger partial charge on any atom is -0.324 e. The highest BCUT2D eigenvalue weighted by Crippen LogP contribution is 2.43. The fraction of sp³-hybridized carbons (Fsp3) is 0.172. The summed E-state index contributed by atoms with van der Waals surface area (Å²) in [6.07, 6.45) is 8.88. The van der Waals surface area contributed by atoms with Crippen LogP contribution in [0.4, 0.5) is 21.9 Å². The molecular formula is C29H26ClN3O2S2. The van der Waals surface area contributed by atoms with Gasteiger partial charge < -0.3 is 10.6 Å². The van der Waals surface area contributed by atoms with Gasteiger partial charge in [-0.2, -0.15) is 0 Å². The summed E-state index contributed by atoms with van der Waals surface area (Å²) < 4.78 is 0. The van der Waals surface area contributed by atoms with Crippen LogP contribution in [0.25, 0.3) is 0 Å². The van der Waals surface area contributed by atoms with Crippen molar-refractivity contribution >= 4 is 64.1 Å². The van der Waals surface area contributed by atoms with Crippen LogP contribution in [0.3, 0.4) is 0 Å². The zero-order valence-electron chi connectivity index (χ0n) is 20.1. The molecule has 0 saturated heterocycles. The van der Waals surface area contributed by atoms with Crippen LogP contribution < -0.4 is 15.5 Å². The molecule has 2 N–H and O–H groups in total. The molecule has 1 aliphatic heterocycles. The lowest BCUT2D eigenvalue weighted by molar-refractivity contribution is -0.115. The van der Waals surface area contributed by atoms with Crippen molar-refractivity contribution in [1.82, 2.24) is 0 Å². The minimum atomic E-state index is -0.312. The summed E-state index contributed by atoms with van der Waals surface area (Å²) in [5, 5.41) is 6.36. The van der Waals surface area contributed by atoms with Gasteiger partial charge in [0.2, 0.25) is 5.91 Å². The van der Waals surface area contributed by atoms with Gasteiger partial charge in [0.05, 0.1) is 32.9 Å². The molecule has 1 aliphatic carbocycles. The maximum Gasteiger partial charge on any atom is 0.326 e. The molecule has 5 nitrogen and oxygen atoms in total. The van der Waals surface area contributed by atoms with E-state index in [1.165, 1.54) is 11.8 Å². The first-order chi connectivity index (χ1) is 18.0. The Hall–Kier alpha value is -3.13. The molecule has 3 atom stereocenters. The molecule has 3 aromatic rings. The molecule has 1 heterocycles. The number of carbonyl (C=O) groups excluding carboxylic acids is 2. The number of anilines is 3. The van der Waals surface area contributed by atoms with E-state index >= 15 is 0 Å². The number of amides is 3. The van der Waals surface area contributed by atoms with Crippen molar-refractivity contribution in [3.63, 3.8) is 0 Å². The Morgan fingerprint density at radius 1 is 1.00 bits per heavy atom. The number of allylic oxidation sites excluding steroid dienone is 2.